The Kier molecular flexibility index (Phi) is 3.19. The zero-order chi connectivity index (χ0) is 14.2. The van der Waals surface area contributed by atoms with Crippen LogP contribution in [0.2, 0.25) is 0 Å². The molecule has 0 amide bonds. The lowest BCUT2D eigenvalue weighted by molar-refractivity contribution is 0.219. The van der Waals surface area contributed by atoms with Crippen molar-refractivity contribution in [1.29, 1.82) is 0 Å². The van der Waals surface area contributed by atoms with Crippen molar-refractivity contribution in [3.05, 3.63) is 64.7 Å². The molecule has 21 heavy (non-hydrogen) atoms. The van der Waals surface area contributed by atoms with Crippen molar-refractivity contribution < 1.29 is 9.84 Å². The molecule has 0 aromatic heterocycles. The van der Waals surface area contributed by atoms with Gasteiger partial charge in [-0.25, -0.2) is 0 Å². The van der Waals surface area contributed by atoms with Crippen LogP contribution in [0.4, 0.5) is 0 Å². The summed E-state index contributed by atoms with van der Waals surface area (Å²) in [5, 5.41) is 10.6. The second-order valence-corrected chi connectivity index (χ2v) is 6.17. The van der Waals surface area contributed by atoms with Crippen LogP contribution in [0.5, 0.6) is 5.75 Å². The maximum absolute atomic E-state index is 10.6. The number of aliphatic hydroxyl groups excluding tert-OH is 1. The topological polar surface area (TPSA) is 29.5 Å². The van der Waals surface area contributed by atoms with E-state index in [9.17, 15) is 5.11 Å². The molecule has 0 saturated heterocycles. The summed E-state index contributed by atoms with van der Waals surface area (Å²) < 4.78 is 5.81. The molecule has 1 N–H and O–H groups in total. The fourth-order valence-corrected chi connectivity index (χ4v) is 3.09. The van der Waals surface area contributed by atoms with Gasteiger partial charge in [0.05, 0.1) is 6.10 Å². The molecule has 4 rings (SSSR count). The number of rotatable bonds is 4. The lowest BCUT2D eigenvalue weighted by Crippen LogP contribution is -2.02. The number of aliphatic hydroxyl groups is 1. The van der Waals surface area contributed by atoms with E-state index in [0.29, 0.717) is 6.10 Å². The first-order chi connectivity index (χ1) is 10.3. The van der Waals surface area contributed by atoms with Crippen molar-refractivity contribution in [2.24, 2.45) is 0 Å². The molecule has 2 aliphatic rings. The van der Waals surface area contributed by atoms with Crippen molar-refractivity contribution in [2.45, 2.75) is 44.3 Å². The molecule has 2 aliphatic carbocycles. The Hall–Kier alpha value is -1.80. The van der Waals surface area contributed by atoms with Gasteiger partial charge in [-0.1, -0.05) is 30.3 Å². The van der Waals surface area contributed by atoms with E-state index in [-0.39, 0.29) is 0 Å². The van der Waals surface area contributed by atoms with Crippen LogP contribution in [-0.4, -0.2) is 11.2 Å². The number of ether oxygens (including phenoxy) is 1. The first kappa shape index (κ1) is 12.9. The zero-order valence-electron chi connectivity index (χ0n) is 12.1. The van der Waals surface area contributed by atoms with Crippen molar-refractivity contribution in [3.8, 4) is 5.75 Å². The predicted octanol–water partition coefficient (Wildman–Crippen LogP) is 3.80. The van der Waals surface area contributed by atoms with Crippen LogP contribution in [-0.2, 0) is 12.8 Å². The van der Waals surface area contributed by atoms with E-state index in [4.69, 9.17) is 4.74 Å². The third-order valence-corrected chi connectivity index (χ3v) is 4.44. The van der Waals surface area contributed by atoms with Crippen molar-refractivity contribution in [3.63, 3.8) is 0 Å². The molecular formula is C19H20O2. The standard InChI is InChI=1S/C19H20O2/c20-19(16-8-7-13-3-1-4-14(13)11-16)15-5-2-6-18(12-15)21-17-9-10-17/h2,5-8,11-12,17,19-20H,1,3-4,9-10H2. The van der Waals surface area contributed by atoms with Crippen LogP contribution in [0.1, 0.15) is 47.6 Å². The highest BCUT2D eigenvalue weighted by atomic mass is 16.5. The predicted molar refractivity (Wildman–Crippen MR) is 82.6 cm³/mol. The molecule has 0 radical (unpaired) electrons. The van der Waals surface area contributed by atoms with E-state index < -0.39 is 6.10 Å². The Morgan fingerprint density at radius 1 is 0.952 bits per heavy atom. The summed E-state index contributed by atoms with van der Waals surface area (Å²) in [6.07, 6.45) is 5.67. The van der Waals surface area contributed by atoms with Gasteiger partial charge in [0, 0.05) is 0 Å². The average molecular weight is 280 g/mol. The molecule has 2 heteroatoms. The Morgan fingerprint density at radius 2 is 1.76 bits per heavy atom. The number of hydrogen-bond acceptors (Lipinski definition) is 2. The zero-order valence-corrected chi connectivity index (χ0v) is 12.1. The minimum atomic E-state index is -0.571. The lowest BCUT2D eigenvalue weighted by Gasteiger charge is -2.14. The normalized spacial score (nSPS) is 18.3. The summed E-state index contributed by atoms with van der Waals surface area (Å²) in [6, 6.07) is 14.3. The summed E-state index contributed by atoms with van der Waals surface area (Å²) >= 11 is 0. The Bertz CT molecular complexity index is 658. The van der Waals surface area contributed by atoms with Gasteiger partial charge in [-0.15, -0.1) is 0 Å². The van der Waals surface area contributed by atoms with Gasteiger partial charge in [0.25, 0.3) is 0 Å². The molecule has 0 heterocycles. The first-order valence-electron chi connectivity index (χ1n) is 7.86. The minimum absolute atomic E-state index is 0.386. The molecule has 108 valence electrons. The van der Waals surface area contributed by atoms with Gasteiger partial charge < -0.3 is 9.84 Å². The number of hydrogen-bond donors (Lipinski definition) is 1. The maximum atomic E-state index is 10.6. The fourth-order valence-electron chi connectivity index (χ4n) is 3.09. The van der Waals surface area contributed by atoms with Gasteiger partial charge >= 0.3 is 0 Å². The number of fused-ring (bicyclic) bond motifs is 1. The molecule has 0 aliphatic heterocycles. The number of aryl methyl sites for hydroxylation is 2. The smallest absolute Gasteiger partial charge is 0.120 e. The van der Waals surface area contributed by atoms with Crippen LogP contribution in [0, 0.1) is 0 Å². The summed E-state index contributed by atoms with van der Waals surface area (Å²) in [7, 11) is 0. The first-order valence-corrected chi connectivity index (χ1v) is 7.86. The van der Waals surface area contributed by atoms with Crippen LogP contribution in [0.15, 0.2) is 42.5 Å². The summed E-state index contributed by atoms with van der Waals surface area (Å²) in [4.78, 5) is 0. The molecule has 0 spiro atoms. The Labute approximate surface area is 125 Å². The highest BCUT2D eigenvalue weighted by Gasteiger charge is 2.24. The highest BCUT2D eigenvalue weighted by molar-refractivity contribution is 5.40. The van der Waals surface area contributed by atoms with Gasteiger partial charge in [0.15, 0.2) is 0 Å². The molecule has 0 bridgehead atoms. The molecule has 1 unspecified atom stereocenters. The van der Waals surface area contributed by atoms with E-state index >= 15 is 0 Å². The summed E-state index contributed by atoms with van der Waals surface area (Å²) in [5.74, 6) is 0.871. The van der Waals surface area contributed by atoms with Crippen LogP contribution < -0.4 is 4.74 Å². The van der Waals surface area contributed by atoms with Crippen molar-refractivity contribution in [1.82, 2.24) is 0 Å². The lowest BCUT2D eigenvalue weighted by atomic mass is 9.98. The van der Waals surface area contributed by atoms with Crippen LogP contribution in [0.25, 0.3) is 0 Å². The highest BCUT2D eigenvalue weighted by Crippen LogP contribution is 2.31. The van der Waals surface area contributed by atoms with E-state index in [2.05, 4.69) is 18.2 Å². The average Bonchev–Trinajstić information content (AvgIpc) is 3.20. The third-order valence-electron chi connectivity index (χ3n) is 4.44. The summed E-state index contributed by atoms with van der Waals surface area (Å²) in [5.41, 5.74) is 4.74. The van der Waals surface area contributed by atoms with Gasteiger partial charge in [0.2, 0.25) is 0 Å². The molecule has 2 aromatic carbocycles. The van der Waals surface area contributed by atoms with Crippen molar-refractivity contribution in [2.75, 3.05) is 0 Å². The summed E-state index contributed by atoms with van der Waals surface area (Å²) in [6.45, 7) is 0. The Balaban J connectivity index is 1.59. The monoisotopic (exact) mass is 280 g/mol. The SMILES string of the molecule is OC(c1cccc(OC2CC2)c1)c1ccc2c(c1)CCC2. The largest absolute Gasteiger partial charge is 0.490 e. The van der Waals surface area contributed by atoms with Crippen LogP contribution in [0.3, 0.4) is 0 Å². The number of benzene rings is 2. The van der Waals surface area contributed by atoms with E-state index in [1.54, 1.807) is 0 Å². The van der Waals surface area contributed by atoms with Gasteiger partial charge in [-0.2, -0.15) is 0 Å². The van der Waals surface area contributed by atoms with E-state index in [1.165, 1.54) is 24.0 Å². The fraction of sp³-hybridized carbons (Fsp3) is 0.368. The molecule has 1 fully saturated rings. The van der Waals surface area contributed by atoms with Gasteiger partial charge in [-0.05, 0) is 66.5 Å². The Morgan fingerprint density at radius 3 is 2.62 bits per heavy atom. The van der Waals surface area contributed by atoms with Crippen LogP contribution >= 0.6 is 0 Å². The second-order valence-electron chi connectivity index (χ2n) is 6.17. The molecule has 1 saturated carbocycles. The van der Waals surface area contributed by atoms with Gasteiger partial charge in [0.1, 0.15) is 11.9 Å². The molecular weight excluding hydrogens is 260 g/mol. The quantitative estimate of drug-likeness (QED) is 0.923. The van der Waals surface area contributed by atoms with E-state index in [0.717, 1.165) is 36.1 Å². The van der Waals surface area contributed by atoms with Crippen molar-refractivity contribution >= 4 is 0 Å². The molecule has 1 atom stereocenters. The molecule has 2 aromatic rings. The maximum Gasteiger partial charge on any atom is 0.120 e. The minimum Gasteiger partial charge on any atom is -0.490 e. The third kappa shape index (κ3) is 2.68. The van der Waals surface area contributed by atoms with Gasteiger partial charge in [-0.3, -0.25) is 0 Å². The molecule has 2 nitrogen and oxygen atoms in total. The second kappa shape index (κ2) is 5.19. The van der Waals surface area contributed by atoms with E-state index in [1.807, 2.05) is 24.3 Å².